The molecule has 1 rings (SSSR count). The van der Waals surface area contributed by atoms with Crippen molar-refractivity contribution in [2.24, 2.45) is 5.14 Å². The molecule has 0 aliphatic carbocycles. The van der Waals surface area contributed by atoms with Gasteiger partial charge >= 0.3 is 0 Å². The first-order chi connectivity index (χ1) is 7.79. The Kier molecular flexibility index (Phi) is 3.97. The molecule has 17 heavy (non-hydrogen) atoms. The van der Waals surface area contributed by atoms with Crippen molar-refractivity contribution in [3.63, 3.8) is 0 Å². The number of halogens is 1. The Morgan fingerprint density at radius 1 is 1.47 bits per heavy atom. The number of nitrogens with two attached hydrogens (primary N) is 1. The van der Waals surface area contributed by atoms with Crippen LogP contribution in [-0.2, 0) is 10.0 Å². The van der Waals surface area contributed by atoms with Gasteiger partial charge in [-0.15, -0.1) is 0 Å². The average molecular weight is 264 g/mol. The molecule has 0 bridgehead atoms. The number of non-ortho nitro benzene ring substituents is 1. The SMILES string of the molecule is NS(=O)(=O)CCOc1ccc([N+](=O)[O-])cc1F. The summed E-state index contributed by atoms with van der Waals surface area (Å²) in [5.41, 5.74) is -0.415. The number of ether oxygens (including phenoxy) is 1. The lowest BCUT2D eigenvalue weighted by Crippen LogP contribution is -2.21. The van der Waals surface area contributed by atoms with Crippen molar-refractivity contribution < 1.29 is 22.5 Å². The topological polar surface area (TPSA) is 113 Å². The van der Waals surface area contributed by atoms with Gasteiger partial charge in [0.2, 0.25) is 10.0 Å². The lowest BCUT2D eigenvalue weighted by molar-refractivity contribution is -0.385. The number of primary sulfonamides is 1. The number of rotatable bonds is 5. The molecule has 1 aromatic rings. The number of nitrogens with zero attached hydrogens (tertiary/aromatic N) is 1. The van der Waals surface area contributed by atoms with E-state index in [0.717, 1.165) is 12.1 Å². The van der Waals surface area contributed by atoms with Crippen LogP contribution in [0.2, 0.25) is 0 Å². The van der Waals surface area contributed by atoms with Gasteiger partial charge in [-0.05, 0) is 6.07 Å². The average Bonchev–Trinajstić information content (AvgIpc) is 2.18. The molecular formula is C8H9FN2O5S. The molecule has 0 spiro atoms. The largest absolute Gasteiger partial charge is 0.489 e. The summed E-state index contributed by atoms with van der Waals surface area (Å²) in [5.74, 6) is -1.67. The maximum atomic E-state index is 13.2. The van der Waals surface area contributed by atoms with E-state index in [9.17, 15) is 22.9 Å². The standard InChI is InChI=1S/C8H9FN2O5S/c9-7-5-6(11(12)13)1-2-8(7)16-3-4-17(10,14)15/h1-2,5H,3-4H2,(H2,10,14,15). The molecule has 94 valence electrons. The molecule has 0 aliphatic rings. The zero-order chi connectivity index (χ0) is 13.1. The van der Waals surface area contributed by atoms with Crippen LogP contribution in [0.15, 0.2) is 18.2 Å². The van der Waals surface area contributed by atoms with Crippen LogP contribution in [0.4, 0.5) is 10.1 Å². The Morgan fingerprint density at radius 2 is 2.12 bits per heavy atom. The van der Waals surface area contributed by atoms with Gasteiger partial charge in [-0.1, -0.05) is 0 Å². The second-order valence-corrected chi connectivity index (χ2v) is 4.82. The summed E-state index contributed by atoms with van der Waals surface area (Å²) in [7, 11) is -3.68. The zero-order valence-electron chi connectivity index (χ0n) is 8.50. The first-order valence-corrected chi connectivity index (χ1v) is 6.08. The molecule has 0 aliphatic heterocycles. The summed E-state index contributed by atoms with van der Waals surface area (Å²) in [6.45, 7) is -0.326. The number of nitro groups is 1. The summed E-state index contributed by atoms with van der Waals surface area (Å²) in [6, 6.07) is 2.79. The molecule has 0 amide bonds. The van der Waals surface area contributed by atoms with E-state index in [1.54, 1.807) is 0 Å². The fraction of sp³-hybridized carbons (Fsp3) is 0.250. The minimum absolute atomic E-state index is 0.265. The van der Waals surface area contributed by atoms with Gasteiger partial charge in [0.25, 0.3) is 5.69 Å². The van der Waals surface area contributed by atoms with Gasteiger partial charge in [0.15, 0.2) is 11.6 Å². The molecule has 0 saturated carbocycles. The maximum Gasteiger partial charge on any atom is 0.272 e. The molecule has 2 N–H and O–H groups in total. The van der Waals surface area contributed by atoms with Gasteiger partial charge in [-0.3, -0.25) is 10.1 Å². The Bertz CT molecular complexity index is 531. The van der Waals surface area contributed by atoms with Crippen LogP contribution in [-0.4, -0.2) is 25.7 Å². The Labute approximate surface area is 96.2 Å². The monoisotopic (exact) mass is 264 g/mol. The molecule has 9 heteroatoms. The first kappa shape index (κ1) is 13.3. The predicted octanol–water partition coefficient (Wildman–Crippen LogP) is 0.401. The first-order valence-electron chi connectivity index (χ1n) is 4.37. The van der Waals surface area contributed by atoms with E-state index >= 15 is 0 Å². The van der Waals surface area contributed by atoms with Crippen LogP contribution in [0.3, 0.4) is 0 Å². The highest BCUT2D eigenvalue weighted by atomic mass is 32.2. The summed E-state index contributed by atoms with van der Waals surface area (Å²) >= 11 is 0. The van der Waals surface area contributed by atoms with E-state index < -0.39 is 32.2 Å². The molecule has 0 unspecified atom stereocenters. The molecule has 0 atom stereocenters. The van der Waals surface area contributed by atoms with E-state index in [0.29, 0.717) is 6.07 Å². The second-order valence-electron chi connectivity index (χ2n) is 3.09. The summed E-state index contributed by atoms with van der Waals surface area (Å²) in [6.07, 6.45) is 0. The predicted molar refractivity (Wildman–Crippen MR) is 56.5 cm³/mol. The van der Waals surface area contributed by atoms with Crippen molar-refractivity contribution in [1.82, 2.24) is 0 Å². The lowest BCUT2D eigenvalue weighted by Gasteiger charge is -2.05. The fourth-order valence-electron chi connectivity index (χ4n) is 0.988. The van der Waals surface area contributed by atoms with Crippen molar-refractivity contribution in [2.45, 2.75) is 0 Å². The van der Waals surface area contributed by atoms with E-state index in [1.165, 1.54) is 0 Å². The minimum Gasteiger partial charge on any atom is -0.489 e. The van der Waals surface area contributed by atoms with Crippen LogP contribution in [0.1, 0.15) is 0 Å². The van der Waals surface area contributed by atoms with Gasteiger partial charge in [0, 0.05) is 6.07 Å². The van der Waals surface area contributed by atoms with Gasteiger partial charge in [-0.2, -0.15) is 0 Å². The molecule has 0 radical (unpaired) electrons. The van der Waals surface area contributed by atoms with E-state index in [-0.39, 0.29) is 12.4 Å². The highest BCUT2D eigenvalue weighted by molar-refractivity contribution is 7.89. The van der Waals surface area contributed by atoms with Crippen molar-refractivity contribution >= 4 is 15.7 Å². The van der Waals surface area contributed by atoms with E-state index in [4.69, 9.17) is 9.88 Å². The number of benzene rings is 1. The van der Waals surface area contributed by atoms with Gasteiger partial charge in [0.05, 0.1) is 16.7 Å². The summed E-state index contributed by atoms with van der Waals surface area (Å²) in [5, 5.41) is 15.0. The summed E-state index contributed by atoms with van der Waals surface area (Å²) < 4.78 is 39.1. The smallest absolute Gasteiger partial charge is 0.272 e. The molecule has 1 aromatic carbocycles. The Balaban J connectivity index is 2.70. The molecule has 0 saturated heterocycles. The quantitative estimate of drug-likeness (QED) is 0.611. The number of nitro benzene ring substituents is 1. The third-order valence-corrected chi connectivity index (χ3v) is 2.49. The lowest BCUT2D eigenvalue weighted by atomic mass is 10.3. The highest BCUT2D eigenvalue weighted by Gasteiger charge is 2.12. The maximum absolute atomic E-state index is 13.2. The number of hydrogen-bond donors (Lipinski definition) is 1. The third kappa shape index (κ3) is 4.33. The Hall–Kier alpha value is -1.74. The van der Waals surface area contributed by atoms with Crippen LogP contribution >= 0.6 is 0 Å². The van der Waals surface area contributed by atoms with Crippen molar-refractivity contribution in [3.8, 4) is 5.75 Å². The number of hydrogen-bond acceptors (Lipinski definition) is 5. The minimum atomic E-state index is -3.68. The number of sulfonamides is 1. The van der Waals surface area contributed by atoms with Crippen molar-refractivity contribution in [3.05, 3.63) is 34.1 Å². The van der Waals surface area contributed by atoms with Gasteiger partial charge in [-0.25, -0.2) is 17.9 Å². The van der Waals surface area contributed by atoms with Crippen LogP contribution in [0.5, 0.6) is 5.75 Å². The van der Waals surface area contributed by atoms with Crippen molar-refractivity contribution in [2.75, 3.05) is 12.4 Å². The van der Waals surface area contributed by atoms with Gasteiger partial charge < -0.3 is 4.74 Å². The summed E-state index contributed by atoms with van der Waals surface area (Å²) in [4.78, 5) is 9.56. The van der Waals surface area contributed by atoms with Gasteiger partial charge in [0.1, 0.15) is 6.61 Å². The Morgan fingerprint density at radius 3 is 2.59 bits per heavy atom. The third-order valence-electron chi connectivity index (χ3n) is 1.75. The molecule has 7 nitrogen and oxygen atoms in total. The highest BCUT2D eigenvalue weighted by Crippen LogP contribution is 2.22. The zero-order valence-corrected chi connectivity index (χ0v) is 9.31. The molecule has 0 fully saturated rings. The molecule has 0 heterocycles. The molecule has 0 aromatic heterocycles. The normalized spacial score (nSPS) is 11.2. The van der Waals surface area contributed by atoms with Crippen molar-refractivity contribution in [1.29, 1.82) is 0 Å². The molecular weight excluding hydrogens is 255 g/mol. The van der Waals surface area contributed by atoms with Crippen LogP contribution in [0.25, 0.3) is 0 Å². The van der Waals surface area contributed by atoms with Crippen LogP contribution in [0, 0.1) is 15.9 Å². The van der Waals surface area contributed by atoms with E-state index in [2.05, 4.69) is 0 Å². The van der Waals surface area contributed by atoms with Crippen LogP contribution < -0.4 is 9.88 Å². The van der Waals surface area contributed by atoms with E-state index in [1.807, 2.05) is 0 Å². The second kappa shape index (κ2) is 5.06. The fourth-order valence-corrected chi connectivity index (χ4v) is 1.30.